The van der Waals surface area contributed by atoms with E-state index in [1.807, 2.05) is 0 Å². The summed E-state index contributed by atoms with van der Waals surface area (Å²) in [6.07, 6.45) is -6.76. The summed E-state index contributed by atoms with van der Waals surface area (Å²) in [5.41, 5.74) is -0.470. The number of aryl methyl sites for hydroxylation is 1. The minimum Gasteiger partial charge on any atom is -0.387 e. The first kappa shape index (κ1) is 22.6. The molecule has 7 N–H and O–H groups in total. The number of aliphatic hydroxyl groups is 2. The third-order valence-electron chi connectivity index (χ3n) is 3.36. The van der Waals surface area contributed by atoms with Crippen LogP contribution in [0.15, 0.2) is 11.0 Å². The van der Waals surface area contributed by atoms with Crippen LogP contribution in [0.3, 0.4) is 0 Å². The Morgan fingerprint density at radius 1 is 1.20 bits per heavy atom. The second-order valence-electron chi connectivity index (χ2n) is 5.71. The Bertz CT molecular complexity index is 1130. The predicted octanol–water partition coefficient (Wildman–Crippen LogP) is -0.823. The fourth-order valence-electron chi connectivity index (χ4n) is 2.18. The molecule has 30 heavy (non-hydrogen) atoms. The topological polar surface area (TPSA) is 247 Å². The quantitative estimate of drug-likeness (QED) is 0.165. The summed E-state index contributed by atoms with van der Waals surface area (Å²) in [4.78, 5) is 49.5. The molecule has 0 aliphatic carbocycles. The molecule has 2 rings (SSSR count). The number of hydrogen-bond donors (Lipinski definition) is 7. The monoisotopic (exact) mass is 516 g/mol. The van der Waals surface area contributed by atoms with Gasteiger partial charge < -0.3 is 34.5 Å². The zero-order chi connectivity index (χ0) is 24.9. The molecule has 20 heteroatoms. The highest BCUT2D eigenvalue weighted by atomic mass is 32.1. The van der Waals surface area contributed by atoms with Gasteiger partial charge >= 0.3 is 23.5 Å². The molecule has 0 saturated carbocycles. The smallest absolute Gasteiger partial charge is 0.387 e. The molecule has 0 amide bonds. The van der Waals surface area contributed by atoms with Crippen LogP contribution in [-0.2, 0) is 31.6 Å². The minimum atomic E-state index is -5.94. The normalized spacial score (nSPS) is 30.2. The molecule has 1 aromatic rings. The second kappa shape index (κ2) is 9.10. The summed E-state index contributed by atoms with van der Waals surface area (Å²) in [5.74, 6) is 0. The molecule has 2 heterocycles. The van der Waals surface area contributed by atoms with E-state index < -0.39 is 60.1 Å². The summed E-state index contributed by atoms with van der Waals surface area (Å²) in [5, 5.41) is 20.4. The van der Waals surface area contributed by atoms with Crippen molar-refractivity contribution in [3.05, 3.63) is 26.9 Å². The lowest BCUT2D eigenvalue weighted by Crippen LogP contribution is -2.34. The van der Waals surface area contributed by atoms with Gasteiger partial charge in [-0.3, -0.25) is 18.9 Å². The number of rotatable bonds is 8. The number of nitrogens with one attached hydrogen (secondary N) is 1. The lowest BCUT2D eigenvalue weighted by atomic mass is 10.1. The highest BCUT2D eigenvalue weighted by Crippen LogP contribution is 2.66. The Balaban J connectivity index is 2.27. The summed E-state index contributed by atoms with van der Waals surface area (Å²) >= 11 is 4.92. The maximum absolute atomic E-state index is 11.9. The van der Waals surface area contributed by atoms with Crippen LogP contribution >= 0.6 is 35.7 Å². The minimum absolute atomic E-state index is 0.101. The van der Waals surface area contributed by atoms with Gasteiger partial charge in [0.25, 0.3) is 5.56 Å². The average Bonchev–Trinajstić information content (AvgIpc) is 2.82. The van der Waals surface area contributed by atoms with Gasteiger partial charge in [0.1, 0.15) is 18.3 Å². The van der Waals surface area contributed by atoms with E-state index in [9.17, 15) is 33.6 Å². The molecular weight excluding hydrogens is 497 g/mol. The molecule has 6 atom stereocenters. The van der Waals surface area contributed by atoms with Crippen molar-refractivity contribution in [2.45, 2.75) is 31.5 Å². The molecule has 3 unspecified atom stereocenters. The van der Waals surface area contributed by atoms with Gasteiger partial charge in [0.05, 0.1) is 9.30 Å². The number of aliphatic hydroxyl groups excluding tert-OH is 2. The Labute approximate surface area is 174 Å². The number of ether oxygens (including phenoxy) is 1. The predicted molar refractivity (Wildman–Crippen MR) is 96.4 cm³/mol. The van der Waals surface area contributed by atoms with Crippen LogP contribution < -0.4 is 5.56 Å². The summed E-state index contributed by atoms with van der Waals surface area (Å²) in [6.45, 7) is -2.14. The van der Waals surface area contributed by atoms with E-state index in [2.05, 4.69) is 18.1 Å². The Morgan fingerprint density at radius 2 is 1.80 bits per heavy atom. The maximum atomic E-state index is 11.9. The number of aromatic nitrogens is 2. The van der Waals surface area contributed by atoms with Crippen molar-refractivity contribution in [1.82, 2.24) is 9.55 Å². The third kappa shape index (κ3) is 6.69. The summed E-state index contributed by atoms with van der Waals surface area (Å²) in [6, 6.07) is 0. The fourth-order valence-corrected chi connectivity index (χ4v) is 5.30. The van der Waals surface area contributed by atoms with Gasteiger partial charge in [-0.2, -0.15) is 8.62 Å². The van der Waals surface area contributed by atoms with Crippen molar-refractivity contribution in [1.29, 1.82) is 0 Å². The van der Waals surface area contributed by atoms with Crippen molar-refractivity contribution in [3.8, 4) is 0 Å². The van der Waals surface area contributed by atoms with Gasteiger partial charge in [-0.15, -0.1) is 0 Å². The average molecular weight is 516 g/mol. The number of phosphoric ester groups is 1. The first-order valence-electron chi connectivity index (χ1n) is 8.43. The number of nitrogens with zero attached hydrogens (tertiary/aromatic N) is 1. The van der Waals surface area contributed by atoms with E-state index >= 15 is 0 Å². The zero-order valence-electron chi connectivity index (χ0n) is 16.5. The van der Waals surface area contributed by atoms with Gasteiger partial charge in [0.2, 0.25) is 0 Å². The van der Waals surface area contributed by atoms with Crippen molar-refractivity contribution in [3.63, 3.8) is 0 Å². The molecule has 16 nitrogen and oxygen atoms in total. The number of H-pyrrole nitrogens is 1. The van der Waals surface area contributed by atoms with Gasteiger partial charge in [-0.05, 0) is 19.1 Å². The molecule has 1 aromatic heterocycles. The number of hydrogen-bond acceptors (Lipinski definition) is 11. The second-order valence-corrected chi connectivity index (χ2v) is 10.4. The van der Waals surface area contributed by atoms with Crippen LogP contribution in [0.4, 0.5) is 0 Å². The van der Waals surface area contributed by atoms with E-state index in [1.54, 1.807) is 0 Å². The Hall–Kier alpha value is -0.610. The number of aromatic amines is 1. The highest BCUT2D eigenvalue weighted by Gasteiger charge is 2.46. The Kier molecular flexibility index (Phi) is 6.85. The van der Waals surface area contributed by atoms with Crippen LogP contribution in [0.2, 0.25) is 0 Å². The van der Waals surface area contributed by atoms with Crippen molar-refractivity contribution in [2.75, 3.05) is 6.56 Å². The SMILES string of the molecule is [2H]C([2H])(OP(=O)(O)OP(=O)(O)OP(=O)(O)O)[C@@H]1O[C@H](n2cc(C)c(=O)[nH]c2=S)[C@H](O)C1O. The zero-order valence-corrected chi connectivity index (χ0v) is 18.0. The van der Waals surface area contributed by atoms with Crippen LogP contribution in [-0.4, -0.2) is 64.2 Å². The molecule has 0 bridgehead atoms. The first-order valence-corrected chi connectivity index (χ1v) is 12.4. The van der Waals surface area contributed by atoms with Crippen LogP contribution in [0.5, 0.6) is 0 Å². The lowest BCUT2D eigenvalue weighted by molar-refractivity contribution is -0.0534. The fraction of sp³-hybridized carbons (Fsp3) is 0.600. The van der Waals surface area contributed by atoms with Gasteiger partial charge in [-0.25, -0.2) is 13.7 Å². The molecule has 0 radical (unpaired) electrons. The maximum Gasteiger partial charge on any atom is 0.490 e. The van der Waals surface area contributed by atoms with E-state index in [0.29, 0.717) is 0 Å². The molecule has 1 saturated heterocycles. The summed E-state index contributed by atoms with van der Waals surface area (Å²) in [7, 11) is -17.5. The standard InChI is InChI=1S/C10H17N2O14P3S/c1-4-2-12(10(30)11-8(4)15)9-7(14)6(13)5(24-9)3-23-28(19,20)26-29(21,22)25-27(16,17)18/h2,5-7,9,13-14H,3H2,1H3,(H,19,20)(H,21,22)(H,11,15,30)(H2,16,17,18)/t5-,6?,7+,9-/m0/s1/i3D2. The highest BCUT2D eigenvalue weighted by molar-refractivity contribution is 7.71. The lowest BCUT2D eigenvalue weighted by Gasteiger charge is -2.19. The van der Waals surface area contributed by atoms with Crippen LogP contribution in [0, 0.1) is 11.7 Å². The van der Waals surface area contributed by atoms with E-state index in [0.717, 1.165) is 10.8 Å². The van der Waals surface area contributed by atoms with Gasteiger partial charge in [-0.1, -0.05) is 0 Å². The van der Waals surface area contributed by atoms with E-state index in [4.69, 9.17) is 34.4 Å². The summed E-state index contributed by atoms with van der Waals surface area (Å²) < 4.78 is 66.3. The largest absolute Gasteiger partial charge is 0.490 e. The van der Waals surface area contributed by atoms with Crippen LogP contribution in [0.25, 0.3) is 0 Å². The van der Waals surface area contributed by atoms with Crippen molar-refractivity contribution in [2.24, 2.45) is 0 Å². The van der Waals surface area contributed by atoms with Gasteiger partial charge in [0, 0.05) is 11.8 Å². The molecule has 0 aromatic carbocycles. The molecule has 1 aliphatic rings. The molecule has 0 spiro atoms. The van der Waals surface area contributed by atoms with Crippen molar-refractivity contribution < 1.29 is 64.1 Å². The van der Waals surface area contributed by atoms with E-state index in [1.165, 1.54) is 6.92 Å². The Morgan fingerprint density at radius 3 is 2.37 bits per heavy atom. The third-order valence-corrected chi connectivity index (χ3v) is 7.33. The molecular formula is C10H17N2O14P3S. The number of phosphoric acid groups is 3. The van der Waals surface area contributed by atoms with Gasteiger partial charge in [0.15, 0.2) is 11.0 Å². The van der Waals surface area contributed by atoms with E-state index in [-0.39, 0.29) is 10.3 Å². The molecule has 1 fully saturated rings. The van der Waals surface area contributed by atoms with Crippen molar-refractivity contribution >= 4 is 35.7 Å². The molecule has 172 valence electrons. The molecule has 1 aliphatic heterocycles. The van der Waals surface area contributed by atoms with Crippen LogP contribution in [0.1, 0.15) is 14.5 Å². The first-order chi connectivity index (χ1) is 14.2.